The number of amides is 1. The van der Waals surface area contributed by atoms with Crippen molar-refractivity contribution >= 4 is 46.6 Å². The van der Waals surface area contributed by atoms with Crippen LogP contribution in [-0.4, -0.2) is 36.4 Å². The van der Waals surface area contributed by atoms with Crippen molar-refractivity contribution in [3.8, 4) is 0 Å². The first kappa shape index (κ1) is 22.2. The van der Waals surface area contributed by atoms with Gasteiger partial charge in [-0.1, -0.05) is 47.6 Å². The number of carbonyl (C=O) groups excluding carboxylic acids is 1. The van der Waals surface area contributed by atoms with Crippen LogP contribution in [0.5, 0.6) is 0 Å². The van der Waals surface area contributed by atoms with Gasteiger partial charge >= 0.3 is 0 Å². The fraction of sp³-hybridized carbons (Fsp3) is 0.167. The molecule has 0 spiro atoms. The van der Waals surface area contributed by atoms with Gasteiger partial charge < -0.3 is 5.32 Å². The second-order valence-corrected chi connectivity index (χ2v) is 9.06. The van der Waals surface area contributed by atoms with Crippen LogP contribution in [0.15, 0.2) is 83.5 Å². The quantitative estimate of drug-likeness (QED) is 0.384. The molecule has 1 amide bonds. The Morgan fingerprint density at radius 2 is 1.88 bits per heavy atom. The minimum atomic E-state index is -0.597. The molecule has 1 N–H and O–H groups in total. The van der Waals surface area contributed by atoms with Crippen molar-refractivity contribution in [2.45, 2.75) is 23.9 Å². The lowest BCUT2D eigenvalue weighted by Gasteiger charge is -2.30. The van der Waals surface area contributed by atoms with Crippen LogP contribution in [0.2, 0.25) is 5.02 Å². The summed E-state index contributed by atoms with van der Waals surface area (Å²) in [6.45, 7) is 1.84. The van der Waals surface area contributed by atoms with Crippen molar-refractivity contribution in [3.05, 3.63) is 89.5 Å². The lowest BCUT2D eigenvalue weighted by Crippen LogP contribution is -2.39. The molecule has 3 aromatic heterocycles. The zero-order valence-corrected chi connectivity index (χ0v) is 19.7. The van der Waals surface area contributed by atoms with E-state index in [1.165, 1.54) is 11.8 Å². The average Bonchev–Trinajstić information content (AvgIpc) is 3.26. The largest absolute Gasteiger partial charge is 0.324 e. The van der Waals surface area contributed by atoms with E-state index in [1.54, 1.807) is 41.6 Å². The SMILES string of the molecule is CC1=Nc2nc(SCc3ccccc3Cl)nn2C(c2cccnc2)C1C(=O)Nc1cccnc1. The monoisotopic (exact) mass is 489 g/mol. The van der Waals surface area contributed by atoms with Crippen molar-refractivity contribution in [3.63, 3.8) is 0 Å². The molecule has 0 bridgehead atoms. The van der Waals surface area contributed by atoms with Crippen molar-refractivity contribution < 1.29 is 4.79 Å². The van der Waals surface area contributed by atoms with Crippen molar-refractivity contribution in [2.24, 2.45) is 10.9 Å². The van der Waals surface area contributed by atoms with Gasteiger partial charge in [0.2, 0.25) is 17.0 Å². The third-order valence-corrected chi connectivity index (χ3v) is 6.71. The highest BCUT2D eigenvalue weighted by molar-refractivity contribution is 7.98. The number of anilines is 1. The second-order valence-electron chi connectivity index (χ2n) is 7.71. The van der Waals surface area contributed by atoms with E-state index in [4.69, 9.17) is 16.7 Å². The number of hydrogen-bond acceptors (Lipinski definition) is 7. The standard InChI is InChI=1S/C24H20ClN7OS/c1-15-20(22(33)29-18-8-5-11-27-13-18)21(16-7-4-10-26-12-16)32-23(28-15)30-24(31-32)34-14-17-6-2-3-9-19(17)25/h2-13,20-21H,14H2,1H3,(H,29,33). The molecule has 0 aliphatic carbocycles. The van der Waals surface area contributed by atoms with Crippen molar-refractivity contribution in [2.75, 3.05) is 5.32 Å². The summed E-state index contributed by atoms with van der Waals surface area (Å²) in [6.07, 6.45) is 6.71. The summed E-state index contributed by atoms with van der Waals surface area (Å²) in [5.74, 6) is 0.280. The summed E-state index contributed by atoms with van der Waals surface area (Å²) >= 11 is 7.77. The van der Waals surface area contributed by atoms with Gasteiger partial charge in [-0.05, 0) is 42.3 Å². The Labute approximate surface area is 205 Å². The maximum absolute atomic E-state index is 13.4. The molecular formula is C24H20ClN7OS. The minimum absolute atomic E-state index is 0.200. The van der Waals surface area contributed by atoms with E-state index in [0.717, 1.165) is 11.1 Å². The van der Waals surface area contributed by atoms with E-state index < -0.39 is 12.0 Å². The molecule has 1 aliphatic heterocycles. The Hall–Kier alpha value is -3.56. The van der Waals surface area contributed by atoms with Gasteiger partial charge in [0.25, 0.3) is 0 Å². The molecule has 1 aromatic carbocycles. The molecule has 10 heteroatoms. The Balaban J connectivity index is 1.48. The fourth-order valence-corrected chi connectivity index (χ4v) is 4.96. The molecule has 0 radical (unpaired) electrons. The summed E-state index contributed by atoms with van der Waals surface area (Å²) in [5.41, 5.74) is 3.11. The molecule has 2 unspecified atom stereocenters. The number of halogens is 1. The van der Waals surface area contributed by atoms with Gasteiger partial charge in [-0.3, -0.25) is 14.8 Å². The third-order valence-electron chi connectivity index (χ3n) is 5.45. The topological polar surface area (TPSA) is 98.0 Å². The maximum atomic E-state index is 13.4. The number of rotatable bonds is 6. The van der Waals surface area contributed by atoms with Gasteiger partial charge in [0, 0.05) is 35.1 Å². The summed E-state index contributed by atoms with van der Waals surface area (Å²) < 4.78 is 1.71. The number of nitrogens with one attached hydrogen (secondary N) is 1. The molecule has 2 atom stereocenters. The van der Waals surface area contributed by atoms with Crippen LogP contribution in [0.1, 0.15) is 24.1 Å². The van der Waals surface area contributed by atoms with E-state index in [0.29, 0.717) is 33.3 Å². The lowest BCUT2D eigenvalue weighted by atomic mass is 9.88. The number of pyridine rings is 2. The number of benzene rings is 1. The van der Waals surface area contributed by atoms with Crippen LogP contribution in [0, 0.1) is 5.92 Å². The predicted molar refractivity (Wildman–Crippen MR) is 133 cm³/mol. The fourth-order valence-electron chi connectivity index (χ4n) is 3.85. The number of fused-ring (bicyclic) bond motifs is 1. The summed E-state index contributed by atoms with van der Waals surface area (Å²) in [7, 11) is 0. The van der Waals surface area contributed by atoms with Gasteiger partial charge in [0.1, 0.15) is 5.92 Å². The third kappa shape index (κ3) is 4.57. The molecular weight excluding hydrogens is 470 g/mol. The van der Waals surface area contributed by atoms with Crippen LogP contribution < -0.4 is 5.32 Å². The number of hydrogen-bond donors (Lipinski definition) is 1. The number of thioether (sulfide) groups is 1. The molecule has 0 saturated carbocycles. The smallest absolute Gasteiger partial charge is 0.249 e. The molecule has 170 valence electrons. The van der Waals surface area contributed by atoms with Crippen LogP contribution in [0.25, 0.3) is 0 Å². The first-order valence-corrected chi connectivity index (χ1v) is 12.0. The molecule has 4 aromatic rings. The van der Waals surface area contributed by atoms with Gasteiger partial charge in [0.05, 0.1) is 17.9 Å². The van der Waals surface area contributed by atoms with E-state index in [1.807, 2.05) is 43.3 Å². The van der Waals surface area contributed by atoms with E-state index in [9.17, 15) is 4.79 Å². The van der Waals surface area contributed by atoms with Crippen LogP contribution in [-0.2, 0) is 10.5 Å². The highest BCUT2D eigenvalue weighted by Gasteiger charge is 2.39. The Bertz CT molecular complexity index is 1340. The predicted octanol–water partition coefficient (Wildman–Crippen LogP) is 4.96. The zero-order chi connectivity index (χ0) is 23.5. The van der Waals surface area contributed by atoms with E-state index in [-0.39, 0.29) is 5.91 Å². The number of carbonyl (C=O) groups is 1. The van der Waals surface area contributed by atoms with E-state index >= 15 is 0 Å². The molecule has 8 nitrogen and oxygen atoms in total. The van der Waals surface area contributed by atoms with Crippen LogP contribution >= 0.6 is 23.4 Å². The first-order chi connectivity index (χ1) is 16.6. The minimum Gasteiger partial charge on any atom is -0.324 e. The Morgan fingerprint density at radius 3 is 2.62 bits per heavy atom. The molecule has 0 fully saturated rings. The molecule has 34 heavy (non-hydrogen) atoms. The van der Waals surface area contributed by atoms with Gasteiger partial charge in [0.15, 0.2) is 0 Å². The van der Waals surface area contributed by atoms with E-state index in [2.05, 4.69) is 25.3 Å². The van der Waals surface area contributed by atoms with Gasteiger partial charge in [-0.2, -0.15) is 4.98 Å². The maximum Gasteiger partial charge on any atom is 0.249 e. The summed E-state index contributed by atoms with van der Waals surface area (Å²) in [4.78, 5) is 31.0. The van der Waals surface area contributed by atoms with Crippen LogP contribution in [0.4, 0.5) is 11.6 Å². The Kier molecular flexibility index (Phi) is 6.37. The summed E-state index contributed by atoms with van der Waals surface area (Å²) in [5, 5.41) is 8.94. The highest BCUT2D eigenvalue weighted by atomic mass is 35.5. The molecule has 1 aliphatic rings. The average molecular weight is 490 g/mol. The normalized spacial score (nSPS) is 17.1. The first-order valence-electron chi connectivity index (χ1n) is 10.6. The number of aliphatic imine (C=N–C) groups is 1. The van der Waals surface area contributed by atoms with Gasteiger partial charge in [-0.25, -0.2) is 9.67 Å². The highest BCUT2D eigenvalue weighted by Crippen LogP contribution is 2.37. The Morgan fingerprint density at radius 1 is 1.09 bits per heavy atom. The second kappa shape index (κ2) is 9.74. The number of nitrogens with zero attached hydrogens (tertiary/aromatic N) is 6. The molecule has 5 rings (SSSR count). The van der Waals surface area contributed by atoms with Gasteiger partial charge in [-0.15, -0.1) is 5.10 Å². The molecule has 0 saturated heterocycles. The van der Waals surface area contributed by atoms with Crippen molar-refractivity contribution in [1.29, 1.82) is 0 Å². The molecule has 4 heterocycles. The number of aromatic nitrogens is 5. The summed E-state index contributed by atoms with van der Waals surface area (Å²) in [6, 6.07) is 14.6. The zero-order valence-electron chi connectivity index (χ0n) is 18.2. The van der Waals surface area contributed by atoms with Crippen molar-refractivity contribution in [1.82, 2.24) is 24.7 Å². The lowest BCUT2D eigenvalue weighted by molar-refractivity contribution is -0.118. The van der Waals surface area contributed by atoms with Crippen LogP contribution in [0.3, 0.4) is 0 Å².